The van der Waals surface area contributed by atoms with Crippen molar-refractivity contribution in [3.05, 3.63) is 0 Å². The van der Waals surface area contributed by atoms with Gasteiger partial charge in [-0.15, -0.1) is 11.6 Å². The number of hydrogen-bond acceptors (Lipinski definition) is 5. The number of hydrogen-bond donors (Lipinski definition) is 3. The van der Waals surface area contributed by atoms with E-state index in [0.29, 0.717) is 24.7 Å². The Morgan fingerprint density at radius 3 is 2.16 bits per heavy atom. The van der Waals surface area contributed by atoms with Gasteiger partial charge in [-0.25, -0.2) is 0 Å². The van der Waals surface area contributed by atoms with Crippen molar-refractivity contribution in [2.45, 2.75) is 143 Å². The predicted molar refractivity (Wildman–Crippen MR) is 152 cm³/mol. The Labute approximate surface area is 236 Å². The molecule has 4 fully saturated rings. The van der Waals surface area contributed by atoms with Crippen LogP contribution >= 0.6 is 11.6 Å². The van der Waals surface area contributed by atoms with Crippen LogP contribution in [0.3, 0.4) is 0 Å². The summed E-state index contributed by atoms with van der Waals surface area (Å²) in [5, 5.41) is 33.1. The quantitative estimate of drug-likeness (QED) is 0.247. The summed E-state index contributed by atoms with van der Waals surface area (Å²) >= 11 is 5.97. The number of alkyl halides is 1. The molecule has 0 aromatic carbocycles. The molecule has 220 valence electrons. The lowest BCUT2D eigenvalue weighted by Gasteiger charge is -2.70. The van der Waals surface area contributed by atoms with Gasteiger partial charge in [-0.2, -0.15) is 0 Å². The van der Waals surface area contributed by atoms with Gasteiger partial charge < -0.3 is 20.1 Å². The standard InChI is InChI=1S/C32H55ClO5/c1-27(2,36)13-9-14-32(8,37)20-10-16-31(7)26(20)21(38-25(35)19-33)18-23-29(5)15-12-24(34)28(3,4)22(29)11-17-30(23,31)6/h20-24,26,34,36-37H,9-19H2,1-8H3/t20-,21+,22-,23+,24-,26-,29-,30+,31+,32-/m0/s1. The molecule has 4 aliphatic rings. The van der Waals surface area contributed by atoms with Gasteiger partial charge in [0.25, 0.3) is 0 Å². The largest absolute Gasteiger partial charge is 0.461 e. The summed E-state index contributed by atoms with van der Waals surface area (Å²) in [5.41, 5.74) is -1.76. The molecule has 5 nitrogen and oxygen atoms in total. The van der Waals surface area contributed by atoms with E-state index in [2.05, 4.69) is 34.6 Å². The van der Waals surface area contributed by atoms with Gasteiger partial charge in [0.1, 0.15) is 12.0 Å². The van der Waals surface area contributed by atoms with E-state index in [-0.39, 0.29) is 57.6 Å². The first-order valence-electron chi connectivity index (χ1n) is 15.2. The molecular formula is C32H55ClO5. The van der Waals surface area contributed by atoms with Crippen LogP contribution in [0.1, 0.15) is 120 Å². The van der Waals surface area contributed by atoms with Crippen molar-refractivity contribution < 1.29 is 24.9 Å². The lowest BCUT2D eigenvalue weighted by molar-refractivity contribution is -0.250. The molecule has 3 N–H and O–H groups in total. The molecule has 6 heteroatoms. The summed E-state index contributed by atoms with van der Waals surface area (Å²) in [6.45, 7) is 17.5. The number of esters is 1. The molecular weight excluding hydrogens is 500 g/mol. The second-order valence-electron chi connectivity index (χ2n) is 16.0. The summed E-state index contributed by atoms with van der Waals surface area (Å²) in [6.07, 6.45) is 8.21. The SMILES string of the molecule is CC(C)(O)CCC[C@](C)(O)[C@H]1CC[C@]2(C)[C@@H]1[C@H](OC(=O)CCl)C[C@@H]1[C@@]3(C)CC[C@H](O)C(C)(C)[C@@H]3CC[C@]12C. The van der Waals surface area contributed by atoms with Crippen molar-refractivity contribution in [1.29, 1.82) is 0 Å². The third-order valence-electron chi connectivity index (χ3n) is 13.0. The highest BCUT2D eigenvalue weighted by atomic mass is 35.5. The van der Waals surface area contributed by atoms with E-state index in [1.807, 2.05) is 20.8 Å². The van der Waals surface area contributed by atoms with Crippen molar-refractivity contribution in [2.24, 2.45) is 45.3 Å². The first-order chi connectivity index (χ1) is 17.3. The second-order valence-corrected chi connectivity index (χ2v) is 16.2. The van der Waals surface area contributed by atoms with E-state index < -0.39 is 11.2 Å². The first kappa shape index (κ1) is 30.6. The normalized spacial score (nSPS) is 45.9. The monoisotopic (exact) mass is 554 g/mol. The number of aliphatic hydroxyl groups excluding tert-OH is 1. The van der Waals surface area contributed by atoms with Gasteiger partial charge in [-0.3, -0.25) is 4.79 Å². The molecule has 4 saturated carbocycles. The van der Waals surface area contributed by atoms with Gasteiger partial charge in [-0.05, 0) is 124 Å². The molecule has 0 bridgehead atoms. The molecule has 0 amide bonds. The van der Waals surface area contributed by atoms with E-state index >= 15 is 0 Å². The minimum Gasteiger partial charge on any atom is -0.461 e. The van der Waals surface area contributed by atoms with E-state index in [1.165, 1.54) is 0 Å². The summed E-state index contributed by atoms with van der Waals surface area (Å²) in [4.78, 5) is 12.7. The minimum atomic E-state index is -0.902. The zero-order valence-corrected chi connectivity index (χ0v) is 26.0. The fourth-order valence-electron chi connectivity index (χ4n) is 10.8. The fourth-order valence-corrected chi connectivity index (χ4v) is 10.9. The molecule has 0 radical (unpaired) electrons. The minimum absolute atomic E-state index is 0.0235. The fraction of sp³-hybridized carbons (Fsp3) is 0.969. The van der Waals surface area contributed by atoms with Crippen molar-refractivity contribution in [3.63, 3.8) is 0 Å². The van der Waals surface area contributed by atoms with Crippen molar-refractivity contribution >= 4 is 17.6 Å². The molecule has 0 unspecified atom stereocenters. The topological polar surface area (TPSA) is 87.0 Å². The average Bonchev–Trinajstić information content (AvgIpc) is 3.17. The molecule has 0 saturated heterocycles. The van der Waals surface area contributed by atoms with Crippen molar-refractivity contribution in [2.75, 3.05) is 5.88 Å². The summed E-state index contributed by atoms with van der Waals surface area (Å²) in [6, 6.07) is 0. The molecule has 0 aliphatic heterocycles. The van der Waals surface area contributed by atoms with Crippen LogP contribution in [0.25, 0.3) is 0 Å². The van der Waals surface area contributed by atoms with E-state index in [0.717, 1.165) is 51.4 Å². The third kappa shape index (κ3) is 4.77. The van der Waals surface area contributed by atoms with Gasteiger partial charge >= 0.3 is 5.97 Å². The highest BCUT2D eigenvalue weighted by Crippen LogP contribution is 2.76. The Bertz CT molecular complexity index is 895. The zero-order chi connectivity index (χ0) is 28.5. The Kier molecular flexibility index (Phi) is 7.95. The lowest BCUT2D eigenvalue weighted by Crippen LogP contribution is -2.67. The van der Waals surface area contributed by atoms with Crippen LogP contribution in [0.4, 0.5) is 0 Å². The van der Waals surface area contributed by atoms with Gasteiger partial charge in [-0.1, -0.05) is 34.6 Å². The van der Waals surface area contributed by atoms with E-state index in [4.69, 9.17) is 16.3 Å². The van der Waals surface area contributed by atoms with Crippen LogP contribution in [0.5, 0.6) is 0 Å². The zero-order valence-electron chi connectivity index (χ0n) is 25.3. The number of carbonyl (C=O) groups is 1. The molecule has 0 spiro atoms. The molecule has 4 aliphatic carbocycles. The maximum absolute atomic E-state index is 12.7. The number of fused-ring (bicyclic) bond motifs is 5. The van der Waals surface area contributed by atoms with Crippen LogP contribution in [0, 0.1) is 45.3 Å². The summed E-state index contributed by atoms with van der Waals surface area (Å²) in [7, 11) is 0. The van der Waals surface area contributed by atoms with Gasteiger partial charge in [0.2, 0.25) is 0 Å². The van der Waals surface area contributed by atoms with Crippen molar-refractivity contribution in [3.8, 4) is 0 Å². The van der Waals surface area contributed by atoms with Crippen molar-refractivity contribution in [1.82, 2.24) is 0 Å². The Hall–Kier alpha value is -0.360. The maximum atomic E-state index is 12.7. The Balaban J connectivity index is 1.72. The van der Waals surface area contributed by atoms with Crippen LogP contribution in [-0.2, 0) is 9.53 Å². The first-order valence-corrected chi connectivity index (χ1v) is 15.8. The van der Waals surface area contributed by atoms with E-state index in [9.17, 15) is 20.1 Å². The van der Waals surface area contributed by atoms with Crippen LogP contribution in [-0.4, -0.2) is 50.6 Å². The van der Waals surface area contributed by atoms with Crippen LogP contribution in [0.2, 0.25) is 0 Å². The van der Waals surface area contributed by atoms with Gasteiger partial charge in [0, 0.05) is 5.92 Å². The van der Waals surface area contributed by atoms with Gasteiger partial charge in [0.05, 0.1) is 17.3 Å². The highest BCUT2D eigenvalue weighted by molar-refractivity contribution is 6.26. The summed E-state index contributed by atoms with van der Waals surface area (Å²) in [5.74, 6) is 0.350. The number of halogens is 1. The van der Waals surface area contributed by atoms with Crippen LogP contribution < -0.4 is 0 Å². The predicted octanol–water partition coefficient (Wildman–Crippen LogP) is 6.49. The Morgan fingerprint density at radius 2 is 1.55 bits per heavy atom. The number of rotatable bonds is 7. The Morgan fingerprint density at radius 1 is 0.921 bits per heavy atom. The molecule has 4 rings (SSSR count). The number of ether oxygens (including phenoxy) is 1. The number of aliphatic hydroxyl groups is 3. The molecule has 0 aromatic heterocycles. The second kappa shape index (κ2) is 9.88. The molecule has 10 atom stereocenters. The maximum Gasteiger partial charge on any atom is 0.321 e. The lowest BCUT2D eigenvalue weighted by atomic mass is 9.35. The highest BCUT2D eigenvalue weighted by Gasteiger charge is 2.72. The summed E-state index contributed by atoms with van der Waals surface area (Å²) < 4.78 is 6.22. The van der Waals surface area contributed by atoms with E-state index in [1.54, 1.807) is 0 Å². The molecule has 38 heavy (non-hydrogen) atoms. The molecule has 0 aromatic rings. The average molecular weight is 555 g/mol. The number of carbonyl (C=O) groups excluding carboxylic acids is 1. The van der Waals surface area contributed by atoms with Crippen LogP contribution in [0.15, 0.2) is 0 Å². The smallest absolute Gasteiger partial charge is 0.321 e. The van der Waals surface area contributed by atoms with Gasteiger partial charge in [0.15, 0.2) is 0 Å². The third-order valence-corrected chi connectivity index (χ3v) is 13.2. The molecule has 0 heterocycles.